The number of aryl methyl sites for hydroxylation is 1. The molecule has 0 spiro atoms. The van der Waals surface area contributed by atoms with Gasteiger partial charge in [-0.15, -0.1) is 11.3 Å². The highest BCUT2D eigenvalue weighted by Gasteiger charge is 2.29. The Morgan fingerprint density at radius 1 is 1.10 bits per heavy atom. The third-order valence-electron chi connectivity index (χ3n) is 5.33. The van der Waals surface area contributed by atoms with Gasteiger partial charge in [0.2, 0.25) is 10.0 Å². The minimum Gasteiger partial charge on any atom is -0.308 e. The molecule has 158 valence electrons. The maximum atomic E-state index is 13.1. The lowest BCUT2D eigenvalue weighted by atomic mass is 10.1. The van der Waals surface area contributed by atoms with Crippen molar-refractivity contribution < 1.29 is 12.8 Å². The molecule has 4 rings (SSSR count). The topological polar surface area (TPSA) is 62.3 Å². The summed E-state index contributed by atoms with van der Waals surface area (Å²) in [6, 6.07) is 13.6. The summed E-state index contributed by atoms with van der Waals surface area (Å²) < 4.78 is 40.3. The van der Waals surface area contributed by atoms with Crippen molar-refractivity contribution in [3.63, 3.8) is 0 Å². The minimum atomic E-state index is -3.43. The zero-order valence-corrected chi connectivity index (χ0v) is 18.3. The number of benzene rings is 2. The van der Waals surface area contributed by atoms with Crippen LogP contribution in [0, 0.1) is 12.7 Å². The minimum absolute atomic E-state index is 0.255. The molecule has 2 heterocycles. The standard InChI is InChI=1S/C22H24FN3O2S2/c1-16-2-8-21(9-3-16)30(27,28)26-12-10-19(11-13-26)24-14-20-15-29-22(25-20)17-4-6-18(23)7-5-17/h2-9,15,19,24H,10-14H2,1H3. The number of nitrogens with one attached hydrogen (secondary N) is 1. The highest BCUT2D eigenvalue weighted by Crippen LogP contribution is 2.25. The van der Waals surface area contributed by atoms with Crippen molar-refractivity contribution in [1.29, 1.82) is 0 Å². The Bertz CT molecular complexity index is 1090. The quantitative estimate of drug-likeness (QED) is 0.618. The van der Waals surface area contributed by atoms with Crippen molar-refractivity contribution in [2.45, 2.75) is 37.2 Å². The number of rotatable bonds is 6. The normalized spacial score (nSPS) is 16.1. The Kier molecular flexibility index (Phi) is 6.29. The number of nitrogens with zero attached hydrogens (tertiary/aromatic N) is 2. The number of sulfonamides is 1. The molecule has 8 heteroatoms. The fourth-order valence-corrected chi connectivity index (χ4v) is 5.82. The maximum Gasteiger partial charge on any atom is 0.243 e. The van der Waals surface area contributed by atoms with Crippen LogP contribution in [0.3, 0.4) is 0 Å². The molecule has 0 aliphatic carbocycles. The van der Waals surface area contributed by atoms with Crippen LogP contribution in [0.4, 0.5) is 4.39 Å². The fourth-order valence-electron chi connectivity index (χ4n) is 3.52. The van der Waals surface area contributed by atoms with E-state index in [1.807, 2.05) is 24.4 Å². The Labute approximate surface area is 180 Å². The smallest absolute Gasteiger partial charge is 0.243 e. The second-order valence-corrected chi connectivity index (χ2v) is 10.3. The number of thiazole rings is 1. The highest BCUT2D eigenvalue weighted by molar-refractivity contribution is 7.89. The summed E-state index contributed by atoms with van der Waals surface area (Å²) in [6.45, 7) is 3.59. The first kappa shape index (κ1) is 21.1. The lowest BCUT2D eigenvalue weighted by molar-refractivity contribution is 0.288. The van der Waals surface area contributed by atoms with Gasteiger partial charge >= 0.3 is 0 Å². The Morgan fingerprint density at radius 3 is 2.43 bits per heavy atom. The summed E-state index contributed by atoms with van der Waals surface area (Å²) in [7, 11) is -3.43. The van der Waals surface area contributed by atoms with E-state index in [-0.39, 0.29) is 11.9 Å². The first-order chi connectivity index (χ1) is 14.4. The van der Waals surface area contributed by atoms with E-state index in [0.717, 1.165) is 34.7 Å². The van der Waals surface area contributed by atoms with Crippen LogP contribution in [0.2, 0.25) is 0 Å². The van der Waals surface area contributed by atoms with Crippen molar-refractivity contribution in [1.82, 2.24) is 14.6 Å². The maximum absolute atomic E-state index is 13.1. The van der Waals surface area contributed by atoms with E-state index in [0.29, 0.717) is 24.5 Å². The van der Waals surface area contributed by atoms with Crippen LogP contribution in [0.25, 0.3) is 10.6 Å². The number of halogens is 1. The SMILES string of the molecule is Cc1ccc(S(=O)(=O)N2CCC(NCc3csc(-c4ccc(F)cc4)n3)CC2)cc1. The largest absolute Gasteiger partial charge is 0.308 e. The van der Waals surface area contributed by atoms with E-state index < -0.39 is 10.0 Å². The van der Waals surface area contributed by atoms with Gasteiger partial charge < -0.3 is 5.32 Å². The van der Waals surface area contributed by atoms with Crippen LogP contribution in [0.15, 0.2) is 58.8 Å². The summed E-state index contributed by atoms with van der Waals surface area (Å²) in [5, 5.41) is 6.36. The summed E-state index contributed by atoms with van der Waals surface area (Å²) in [6.07, 6.45) is 1.53. The number of piperidine rings is 1. The predicted octanol–water partition coefficient (Wildman–Crippen LogP) is 4.20. The van der Waals surface area contributed by atoms with Crippen molar-refractivity contribution in [2.75, 3.05) is 13.1 Å². The first-order valence-electron chi connectivity index (χ1n) is 9.92. The lowest BCUT2D eigenvalue weighted by Crippen LogP contribution is -2.44. The molecule has 2 aromatic carbocycles. The molecule has 0 amide bonds. The third kappa shape index (κ3) is 4.78. The number of hydrogen-bond acceptors (Lipinski definition) is 5. The van der Waals surface area contributed by atoms with E-state index in [4.69, 9.17) is 0 Å². The molecular weight excluding hydrogens is 421 g/mol. The molecule has 1 aliphatic rings. The van der Waals surface area contributed by atoms with Crippen LogP contribution in [-0.2, 0) is 16.6 Å². The summed E-state index contributed by atoms with van der Waals surface area (Å²) >= 11 is 1.54. The van der Waals surface area contributed by atoms with Gasteiger partial charge in [0.1, 0.15) is 10.8 Å². The average Bonchev–Trinajstić information content (AvgIpc) is 3.22. The molecule has 1 N–H and O–H groups in total. The van der Waals surface area contributed by atoms with Crippen LogP contribution in [-0.4, -0.2) is 36.8 Å². The van der Waals surface area contributed by atoms with Gasteiger partial charge in [0, 0.05) is 36.6 Å². The molecule has 0 saturated carbocycles. The highest BCUT2D eigenvalue weighted by atomic mass is 32.2. The molecule has 1 saturated heterocycles. The average molecular weight is 446 g/mol. The van der Waals surface area contributed by atoms with E-state index in [9.17, 15) is 12.8 Å². The molecule has 0 unspecified atom stereocenters. The lowest BCUT2D eigenvalue weighted by Gasteiger charge is -2.31. The molecule has 5 nitrogen and oxygen atoms in total. The van der Waals surface area contributed by atoms with E-state index in [2.05, 4.69) is 10.3 Å². The zero-order chi connectivity index (χ0) is 21.1. The van der Waals surface area contributed by atoms with Gasteiger partial charge in [-0.3, -0.25) is 0 Å². The molecule has 0 atom stereocenters. The van der Waals surface area contributed by atoms with Crippen molar-refractivity contribution >= 4 is 21.4 Å². The van der Waals surface area contributed by atoms with Crippen LogP contribution < -0.4 is 5.32 Å². The van der Waals surface area contributed by atoms with Crippen LogP contribution >= 0.6 is 11.3 Å². The molecule has 0 bridgehead atoms. The van der Waals surface area contributed by atoms with E-state index >= 15 is 0 Å². The number of aromatic nitrogens is 1. The Morgan fingerprint density at radius 2 is 1.77 bits per heavy atom. The second-order valence-electron chi connectivity index (χ2n) is 7.52. The number of hydrogen-bond donors (Lipinski definition) is 1. The van der Waals surface area contributed by atoms with Gasteiger partial charge in [-0.25, -0.2) is 17.8 Å². The Hall–Kier alpha value is -2.13. The fraction of sp³-hybridized carbons (Fsp3) is 0.318. The van der Waals surface area contributed by atoms with Gasteiger partial charge in [-0.2, -0.15) is 4.31 Å². The molecule has 1 aliphatic heterocycles. The van der Waals surface area contributed by atoms with Gasteiger partial charge in [0.15, 0.2) is 0 Å². The van der Waals surface area contributed by atoms with Crippen LogP contribution in [0.5, 0.6) is 0 Å². The van der Waals surface area contributed by atoms with E-state index in [1.165, 1.54) is 23.5 Å². The molecule has 3 aromatic rings. The van der Waals surface area contributed by atoms with Gasteiger partial charge in [-0.1, -0.05) is 17.7 Å². The molecule has 1 fully saturated rings. The predicted molar refractivity (Wildman–Crippen MR) is 117 cm³/mol. The Balaban J connectivity index is 1.30. The zero-order valence-electron chi connectivity index (χ0n) is 16.7. The van der Waals surface area contributed by atoms with Gasteiger partial charge in [0.05, 0.1) is 10.6 Å². The van der Waals surface area contributed by atoms with E-state index in [1.54, 1.807) is 28.6 Å². The summed E-state index contributed by atoms with van der Waals surface area (Å²) in [5.74, 6) is -0.257. The second kappa shape index (κ2) is 8.93. The molecule has 0 radical (unpaired) electrons. The van der Waals surface area contributed by atoms with Gasteiger partial charge in [-0.05, 0) is 56.2 Å². The first-order valence-corrected chi connectivity index (χ1v) is 12.2. The summed E-state index contributed by atoms with van der Waals surface area (Å²) in [5.41, 5.74) is 2.89. The molecule has 30 heavy (non-hydrogen) atoms. The monoisotopic (exact) mass is 445 g/mol. The molecule has 1 aromatic heterocycles. The van der Waals surface area contributed by atoms with Gasteiger partial charge in [0.25, 0.3) is 0 Å². The van der Waals surface area contributed by atoms with Crippen LogP contribution in [0.1, 0.15) is 24.1 Å². The van der Waals surface area contributed by atoms with Crippen molar-refractivity contribution in [3.05, 3.63) is 71.0 Å². The van der Waals surface area contributed by atoms with Crippen molar-refractivity contribution in [3.8, 4) is 10.6 Å². The third-order valence-corrected chi connectivity index (χ3v) is 8.18. The van der Waals surface area contributed by atoms with Crippen molar-refractivity contribution in [2.24, 2.45) is 0 Å². The molecular formula is C22H24FN3O2S2. The summed E-state index contributed by atoms with van der Waals surface area (Å²) in [4.78, 5) is 4.98.